The van der Waals surface area contributed by atoms with Crippen molar-refractivity contribution in [3.63, 3.8) is 0 Å². The summed E-state index contributed by atoms with van der Waals surface area (Å²) in [4.78, 5) is 15.7. The van der Waals surface area contributed by atoms with Crippen LogP contribution in [-0.2, 0) is 4.79 Å². The highest BCUT2D eigenvalue weighted by Gasteiger charge is 1.82. The van der Waals surface area contributed by atoms with Gasteiger partial charge in [-0.2, -0.15) is 0 Å². The quantitative estimate of drug-likeness (QED) is 0.716. The standard InChI is InChI=1S/C4H6N2S.C4H9NO.2C2H6/c1-3-2-5-4(7)6-3;1-4(6)3-5-2;2*1-2/h2H,1H3,(H2,5,6,7);5H,3H2,1-2H3;2*1-2H3. The second kappa shape index (κ2) is 17.5. The van der Waals surface area contributed by atoms with Crippen LogP contribution in [0.3, 0.4) is 0 Å². The molecule has 17 heavy (non-hydrogen) atoms. The molecule has 0 aliphatic heterocycles. The number of ketones is 1. The van der Waals surface area contributed by atoms with Crippen LogP contribution in [0.1, 0.15) is 40.3 Å². The molecular weight excluding hydrogens is 234 g/mol. The van der Waals surface area contributed by atoms with E-state index in [9.17, 15) is 4.79 Å². The largest absolute Gasteiger partial charge is 0.337 e. The van der Waals surface area contributed by atoms with Crippen molar-refractivity contribution in [3.8, 4) is 0 Å². The molecule has 0 saturated heterocycles. The molecule has 1 heterocycles. The van der Waals surface area contributed by atoms with Gasteiger partial charge in [-0.05, 0) is 33.1 Å². The van der Waals surface area contributed by atoms with Crippen molar-refractivity contribution in [2.45, 2.75) is 41.5 Å². The Balaban J connectivity index is -0.000000180. The molecule has 0 bridgehead atoms. The van der Waals surface area contributed by atoms with Crippen LogP contribution in [0.2, 0.25) is 0 Å². The highest BCUT2D eigenvalue weighted by molar-refractivity contribution is 7.71. The lowest BCUT2D eigenvalue weighted by Crippen LogP contribution is -2.14. The lowest BCUT2D eigenvalue weighted by Gasteiger charge is -1.85. The summed E-state index contributed by atoms with van der Waals surface area (Å²) in [5.41, 5.74) is 1.07. The van der Waals surface area contributed by atoms with E-state index in [1.54, 1.807) is 14.0 Å². The predicted octanol–water partition coefficient (Wildman–Crippen LogP) is 3.23. The number of aromatic nitrogens is 2. The summed E-state index contributed by atoms with van der Waals surface area (Å²) >= 11 is 4.72. The normalized spacial score (nSPS) is 7.47. The number of carbonyl (C=O) groups is 1. The zero-order valence-electron chi connectivity index (χ0n) is 12.1. The highest BCUT2D eigenvalue weighted by atomic mass is 32.1. The minimum atomic E-state index is 0.178. The fraction of sp³-hybridized carbons (Fsp3) is 0.667. The number of hydrogen-bond donors (Lipinski definition) is 3. The van der Waals surface area contributed by atoms with E-state index in [1.165, 1.54) is 0 Å². The minimum absolute atomic E-state index is 0.178. The first kappa shape index (κ1) is 21.4. The molecule has 1 aromatic heterocycles. The van der Waals surface area contributed by atoms with Gasteiger partial charge in [-0.3, -0.25) is 4.79 Å². The Morgan fingerprint density at radius 2 is 1.82 bits per heavy atom. The van der Waals surface area contributed by atoms with Crippen molar-refractivity contribution in [2.75, 3.05) is 13.6 Å². The molecule has 0 aliphatic carbocycles. The summed E-state index contributed by atoms with van der Waals surface area (Å²) in [6.07, 6.45) is 1.84. The zero-order chi connectivity index (χ0) is 14.3. The van der Waals surface area contributed by atoms with Gasteiger partial charge in [0.25, 0.3) is 0 Å². The van der Waals surface area contributed by atoms with Crippen LogP contribution in [-0.4, -0.2) is 29.3 Å². The van der Waals surface area contributed by atoms with Crippen LogP contribution >= 0.6 is 12.2 Å². The van der Waals surface area contributed by atoms with Gasteiger partial charge in [-0.1, -0.05) is 27.7 Å². The average molecular weight is 261 g/mol. The van der Waals surface area contributed by atoms with Crippen LogP contribution in [0.15, 0.2) is 6.20 Å². The molecule has 0 radical (unpaired) electrons. The van der Waals surface area contributed by atoms with E-state index in [4.69, 9.17) is 12.2 Å². The van der Waals surface area contributed by atoms with Gasteiger partial charge in [-0.15, -0.1) is 0 Å². The molecule has 0 atom stereocenters. The first-order valence-electron chi connectivity index (χ1n) is 5.94. The second-order valence-corrected chi connectivity index (χ2v) is 3.07. The highest BCUT2D eigenvalue weighted by Crippen LogP contribution is 1.85. The number of nitrogens with one attached hydrogen (secondary N) is 3. The smallest absolute Gasteiger partial charge is 0.174 e. The summed E-state index contributed by atoms with van der Waals surface area (Å²) in [5, 5.41) is 2.72. The molecule has 0 saturated carbocycles. The molecule has 1 aromatic rings. The molecule has 1 rings (SSSR count). The summed E-state index contributed by atoms with van der Waals surface area (Å²) < 4.78 is 0.692. The molecule has 0 aliphatic rings. The maximum atomic E-state index is 9.98. The zero-order valence-corrected chi connectivity index (χ0v) is 12.9. The molecule has 0 amide bonds. The Morgan fingerprint density at radius 3 is 1.88 bits per heavy atom. The molecule has 0 spiro atoms. The molecule has 4 nitrogen and oxygen atoms in total. The number of imidazole rings is 1. The summed E-state index contributed by atoms with van der Waals surface area (Å²) in [7, 11) is 1.75. The third-order valence-electron chi connectivity index (χ3n) is 1.16. The van der Waals surface area contributed by atoms with Gasteiger partial charge < -0.3 is 15.3 Å². The lowest BCUT2D eigenvalue weighted by molar-refractivity contribution is -0.116. The Kier molecular flexibility index (Phi) is 21.9. The molecular formula is C12H27N3OS. The Labute approximate surface area is 110 Å². The number of H-pyrrole nitrogens is 2. The van der Waals surface area contributed by atoms with Crippen molar-refractivity contribution >= 4 is 18.0 Å². The molecule has 0 fully saturated rings. The fourth-order valence-electron chi connectivity index (χ4n) is 0.674. The van der Waals surface area contributed by atoms with Crippen molar-refractivity contribution in [1.29, 1.82) is 0 Å². The topological polar surface area (TPSA) is 60.7 Å². The maximum Gasteiger partial charge on any atom is 0.174 e. The van der Waals surface area contributed by atoms with Gasteiger partial charge in [0.2, 0.25) is 0 Å². The van der Waals surface area contributed by atoms with Gasteiger partial charge in [0.05, 0.1) is 6.54 Å². The number of hydrogen-bond acceptors (Lipinski definition) is 3. The van der Waals surface area contributed by atoms with Crippen LogP contribution in [0.5, 0.6) is 0 Å². The third kappa shape index (κ3) is 21.0. The summed E-state index contributed by atoms with van der Waals surface area (Å²) in [5.74, 6) is 0.178. The van der Waals surface area contributed by atoms with E-state index >= 15 is 0 Å². The van der Waals surface area contributed by atoms with Crippen molar-refractivity contribution in [1.82, 2.24) is 15.3 Å². The van der Waals surface area contributed by atoms with E-state index in [1.807, 2.05) is 40.8 Å². The Morgan fingerprint density at radius 1 is 1.35 bits per heavy atom. The van der Waals surface area contributed by atoms with Gasteiger partial charge in [0, 0.05) is 11.9 Å². The average Bonchev–Trinajstić information content (AvgIpc) is 2.69. The molecule has 5 heteroatoms. The summed E-state index contributed by atoms with van der Waals surface area (Å²) in [6, 6.07) is 0. The molecule has 0 unspecified atom stereocenters. The van der Waals surface area contributed by atoms with E-state index in [-0.39, 0.29) is 5.78 Å². The van der Waals surface area contributed by atoms with E-state index in [0.29, 0.717) is 11.3 Å². The fourth-order valence-corrected chi connectivity index (χ4v) is 0.894. The molecule has 0 aromatic carbocycles. The number of Topliss-reactive ketones (excluding diaryl/α,β-unsaturated/α-hetero) is 1. The van der Waals surface area contributed by atoms with Crippen molar-refractivity contribution < 1.29 is 4.79 Å². The van der Waals surface area contributed by atoms with Crippen LogP contribution in [0.4, 0.5) is 0 Å². The Hall–Kier alpha value is -0.940. The van der Waals surface area contributed by atoms with E-state index in [0.717, 1.165) is 5.69 Å². The van der Waals surface area contributed by atoms with Gasteiger partial charge in [-0.25, -0.2) is 0 Å². The van der Waals surface area contributed by atoms with Crippen LogP contribution < -0.4 is 5.32 Å². The van der Waals surface area contributed by atoms with Crippen molar-refractivity contribution in [3.05, 3.63) is 16.7 Å². The van der Waals surface area contributed by atoms with E-state index < -0.39 is 0 Å². The first-order valence-corrected chi connectivity index (χ1v) is 6.35. The number of aromatic amines is 2. The number of aryl methyl sites for hydroxylation is 1. The SMILES string of the molecule is CC.CC.CNCC(C)=O.Cc1c[nH]c(=S)[nH]1. The van der Waals surface area contributed by atoms with Gasteiger partial charge >= 0.3 is 0 Å². The predicted molar refractivity (Wildman–Crippen MR) is 78.0 cm³/mol. The van der Waals surface area contributed by atoms with Gasteiger partial charge in [0.1, 0.15) is 5.78 Å². The van der Waals surface area contributed by atoms with E-state index in [2.05, 4.69) is 15.3 Å². The Bertz CT molecular complexity index is 305. The number of likely N-dealkylation sites (N-methyl/N-ethyl adjacent to an activating group) is 1. The summed E-state index contributed by atoms with van der Waals surface area (Å²) in [6.45, 7) is 12.0. The molecule has 3 N–H and O–H groups in total. The monoisotopic (exact) mass is 261 g/mol. The van der Waals surface area contributed by atoms with Crippen molar-refractivity contribution in [2.24, 2.45) is 0 Å². The van der Waals surface area contributed by atoms with Gasteiger partial charge in [0.15, 0.2) is 4.77 Å². The lowest BCUT2D eigenvalue weighted by atomic mass is 10.5. The second-order valence-electron chi connectivity index (χ2n) is 2.66. The number of rotatable bonds is 2. The van der Waals surface area contributed by atoms with Crippen LogP contribution in [0.25, 0.3) is 0 Å². The maximum absolute atomic E-state index is 9.98. The number of carbonyl (C=O) groups excluding carboxylic acids is 1. The van der Waals surface area contributed by atoms with Crippen LogP contribution in [0, 0.1) is 11.7 Å². The minimum Gasteiger partial charge on any atom is -0.337 e. The first-order chi connectivity index (χ1) is 8.06. The third-order valence-corrected chi connectivity index (χ3v) is 1.38. The molecule has 102 valence electrons.